The molecule has 47 heavy (non-hydrogen) atoms. The zero-order chi connectivity index (χ0) is 33.0. The van der Waals surface area contributed by atoms with Crippen molar-refractivity contribution >= 4 is 50.0 Å². The number of aromatic nitrogens is 3. The van der Waals surface area contributed by atoms with Gasteiger partial charge in [0.25, 0.3) is 16.0 Å². The molecule has 0 aliphatic carbocycles. The van der Waals surface area contributed by atoms with Crippen molar-refractivity contribution in [3.05, 3.63) is 107 Å². The van der Waals surface area contributed by atoms with Crippen molar-refractivity contribution in [3.8, 4) is 11.4 Å². The van der Waals surface area contributed by atoms with Gasteiger partial charge in [0.05, 0.1) is 42.2 Å². The van der Waals surface area contributed by atoms with Crippen molar-refractivity contribution in [2.75, 3.05) is 44.5 Å². The van der Waals surface area contributed by atoms with Gasteiger partial charge in [0.1, 0.15) is 30.3 Å². The van der Waals surface area contributed by atoms with E-state index in [-0.39, 0.29) is 31.4 Å². The van der Waals surface area contributed by atoms with E-state index in [1.807, 2.05) is 22.8 Å². The SMILES string of the molecule is CS(=O)(=O)OCCc1cn(-c2ccc3ncnc(Nc4ccc(OCc5cccc(F)c5)c(Cl)c4)c3c2)cc1C(=O)N1CCOCC1. The third-order valence-corrected chi connectivity index (χ3v) is 8.39. The molecular formula is C33H31ClFN5O6S. The second-order valence-corrected chi connectivity index (χ2v) is 12.9. The molecule has 11 nitrogen and oxygen atoms in total. The first-order chi connectivity index (χ1) is 22.6. The van der Waals surface area contributed by atoms with Crippen LogP contribution in [0.1, 0.15) is 21.5 Å². The molecule has 0 radical (unpaired) electrons. The van der Waals surface area contributed by atoms with Gasteiger partial charge in [-0.15, -0.1) is 0 Å². The Labute approximate surface area is 276 Å². The van der Waals surface area contributed by atoms with Crippen LogP contribution in [0.2, 0.25) is 5.02 Å². The van der Waals surface area contributed by atoms with E-state index in [1.54, 1.807) is 47.6 Å². The van der Waals surface area contributed by atoms with Crippen LogP contribution in [0.4, 0.5) is 15.9 Å². The first-order valence-electron chi connectivity index (χ1n) is 14.7. The van der Waals surface area contributed by atoms with E-state index in [1.165, 1.54) is 18.5 Å². The van der Waals surface area contributed by atoms with Crippen molar-refractivity contribution in [2.24, 2.45) is 0 Å². The predicted octanol–water partition coefficient (Wildman–Crippen LogP) is 5.53. The van der Waals surface area contributed by atoms with Gasteiger partial charge in [-0.05, 0) is 66.1 Å². The summed E-state index contributed by atoms with van der Waals surface area (Å²) in [6, 6.07) is 17.0. The molecule has 1 aliphatic rings. The van der Waals surface area contributed by atoms with Crippen LogP contribution in [-0.2, 0) is 32.1 Å². The lowest BCUT2D eigenvalue weighted by atomic mass is 10.1. The highest BCUT2D eigenvalue weighted by molar-refractivity contribution is 7.85. The molecule has 1 aliphatic heterocycles. The van der Waals surface area contributed by atoms with Crippen LogP contribution in [0.3, 0.4) is 0 Å². The summed E-state index contributed by atoms with van der Waals surface area (Å²) in [4.78, 5) is 24.1. The second kappa shape index (κ2) is 14.1. The molecule has 2 aromatic heterocycles. The highest BCUT2D eigenvalue weighted by Crippen LogP contribution is 2.32. The fourth-order valence-electron chi connectivity index (χ4n) is 5.20. The fraction of sp³-hybridized carbons (Fsp3) is 0.242. The molecule has 0 atom stereocenters. The molecule has 0 bridgehead atoms. The number of nitrogens with zero attached hydrogens (tertiary/aromatic N) is 4. The van der Waals surface area contributed by atoms with Gasteiger partial charge in [-0.2, -0.15) is 8.42 Å². The van der Waals surface area contributed by atoms with Gasteiger partial charge in [0.15, 0.2) is 0 Å². The minimum Gasteiger partial charge on any atom is -0.487 e. The number of halogens is 2. The number of amides is 1. The van der Waals surface area contributed by atoms with E-state index >= 15 is 0 Å². The Morgan fingerprint density at radius 2 is 1.89 bits per heavy atom. The molecular weight excluding hydrogens is 649 g/mol. The number of nitrogens with one attached hydrogen (secondary N) is 1. The number of hydrogen-bond donors (Lipinski definition) is 1. The molecule has 0 spiro atoms. The van der Waals surface area contributed by atoms with Crippen LogP contribution in [0.25, 0.3) is 16.6 Å². The Balaban J connectivity index is 1.25. The van der Waals surface area contributed by atoms with Crippen molar-refractivity contribution < 1.29 is 31.3 Å². The number of fused-ring (bicyclic) bond motifs is 1. The molecule has 0 saturated carbocycles. The molecule has 5 aromatic rings. The molecule has 3 aromatic carbocycles. The van der Waals surface area contributed by atoms with Gasteiger partial charge in [0, 0.05) is 42.2 Å². The molecule has 14 heteroatoms. The molecule has 244 valence electrons. The number of benzene rings is 3. The first kappa shape index (κ1) is 32.4. The maximum absolute atomic E-state index is 13.5. The van der Waals surface area contributed by atoms with Crippen molar-refractivity contribution in [3.63, 3.8) is 0 Å². The standard InChI is InChI=1S/C33H31ClFN5O6S/c1-47(42,43)46-12-9-23-18-40(19-28(23)33(41)39-10-13-44-14-11-39)26-6-7-30-27(17-26)32(37-21-36-30)38-25-5-8-31(29(34)16-25)45-20-22-3-2-4-24(35)15-22/h2-8,15-19,21H,9-14,20H2,1H3,(H,36,37,38). The Kier molecular flexibility index (Phi) is 9.68. The normalized spacial score (nSPS) is 13.6. The number of carbonyl (C=O) groups excluding carboxylic acids is 1. The monoisotopic (exact) mass is 679 g/mol. The molecule has 1 N–H and O–H groups in total. The Bertz CT molecular complexity index is 2030. The summed E-state index contributed by atoms with van der Waals surface area (Å²) in [7, 11) is -3.64. The average molecular weight is 680 g/mol. The highest BCUT2D eigenvalue weighted by atomic mass is 35.5. The van der Waals surface area contributed by atoms with Gasteiger partial charge in [-0.1, -0.05) is 23.7 Å². The zero-order valence-corrected chi connectivity index (χ0v) is 26.9. The smallest absolute Gasteiger partial charge is 0.264 e. The second-order valence-electron chi connectivity index (χ2n) is 10.9. The molecule has 0 unspecified atom stereocenters. The van der Waals surface area contributed by atoms with E-state index in [4.69, 9.17) is 25.3 Å². The lowest BCUT2D eigenvalue weighted by molar-refractivity contribution is 0.0302. The van der Waals surface area contributed by atoms with E-state index < -0.39 is 10.1 Å². The van der Waals surface area contributed by atoms with E-state index in [0.717, 1.165) is 11.9 Å². The van der Waals surface area contributed by atoms with Crippen molar-refractivity contribution in [1.82, 2.24) is 19.4 Å². The number of ether oxygens (including phenoxy) is 2. The number of hydrogen-bond acceptors (Lipinski definition) is 9. The molecule has 3 heterocycles. The first-order valence-corrected chi connectivity index (χ1v) is 16.9. The van der Waals surface area contributed by atoms with Crippen LogP contribution in [0.15, 0.2) is 79.4 Å². The summed E-state index contributed by atoms with van der Waals surface area (Å²) >= 11 is 6.52. The van der Waals surface area contributed by atoms with Crippen LogP contribution in [0.5, 0.6) is 5.75 Å². The van der Waals surface area contributed by atoms with Gasteiger partial charge < -0.3 is 24.3 Å². The number of morpholine rings is 1. The van der Waals surface area contributed by atoms with Crippen LogP contribution < -0.4 is 10.1 Å². The molecule has 1 saturated heterocycles. The topological polar surface area (TPSA) is 125 Å². The van der Waals surface area contributed by atoms with Crippen LogP contribution in [0, 0.1) is 5.82 Å². The minimum atomic E-state index is -3.64. The van der Waals surface area contributed by atoms with Crippen LogP contribution in [-0.4, -0.2) is 72.9 Å². The summed E-state index contributed by atoms with van der Waals surface area (Å²) < 4.78 is 54.7. The Morgan fingerprint density at radius 1 is 1.06 bits per heavy atom. The summed E-state index contributed by atoms with van der Waals surface area (Å²) in [5.74, 6) is 0.479. The zero-order valence-electron chi connectivity index (χ0n) is 25.4. The summed E-state index contributed by atoms with van der Waals surface area (Å²) in [6.07, 6.45) is 6.22. The quantitative estimate of drug-likeness (QED) is 0.180. The maximum atomic E-state index is 13.5. The number of carbonyl (C=O) groups is 1. The third-order valence-electron chi connectivity index (χ3n) is 7.50. The maximum Gasteiger partial charge on any atom is 0.264 e. The minimum absolute atomic E-state index is 0.0942. The van der Waals surface area contributed by atoms with E-state index in [2.05, 4.69) is 15.3 Å². The van der Waals surface area contributed by atoms with Crippen molar-refractivity contribution in [2.45, 2.75) is 13.0 Å². The molecule has 1 amide bonds. The lowest BCUT2D eigenvalue weighted by Gasteiger charge is -2.26. The van der Waals surface area contributed by atoms with E-state index in [0.29, 0.717) is 76.2 Å². The summed E-state index contributed by atoms with van der Waals surface area (Å²) in [5.41, 5.74) is 3.88. The van der Waals surface area contributed by atoms with Crippen molar-refractivity contribution in [1.29, 1.82) is 0 Å². The lowest BCUT2D eigenvalue weighted by Crippen LogP contribution is -2.40. The van der Waals surface area contributed by atoms with E-state index in [9.17, 15) is 17.6 Å². The highest BCUT2D eigenvalue weighted by Gasteiger charge is 2.23. The largest absolute Gasteiger partial charge is 0.487 e. The van der Waals surface area contributed by atoms with Gasteiger partial charge in [-0.25, -0.2) is 14.4 Å². The van der Waals surface area contributed by atoms with Gasteiger partial charge in [-0.3, -0.25) is 8.98 Å². The Hall–Kier alpha value is -4.56. The predicted molar refractivity (Wildman–Crippen MR) is 176 cm³/mol. The van der Waals surface area contributed by atoms with Crippen LogP contribution >= 0.6 is 11.6 Å². The fourth-order valence-corrected chi connectivity index (χ4v) is 5.82. The van der Waals surface area contributed by atoms with Gasteiger partial charge in [0.2, 0.25) is 0 Å². The summed E-state index contributed by atoms with van der Waals surface area (Å²) in [6.45, 7) is 1.91. The number of rotatable bonds is 11. The van der Waals surface area contributed by atoms with Gasteiger partial charge >= 0.3 is 0 Å². The molecule has 1 fully saturated rings. The Morgan fingerprint density at radius 3 is 2.66 bits per heavy atom. The average Bonchev–Trinajstić information content (AvgIpc) is 3.48. The molecule has 6 rings (SSSR count). The summed E-state index contributed by atoms with van der Waals surface area (Å²) in [5, 5.41) is 4.37. The number of anilines is 2. The third kappa shape index (κ3) is 8.06.